The van der Waals surface area contributed by atoms with Crippen LogP contribution in [0.3, 0.4) is 0 Å². The van der Waals surface area contributed by atoms with E-state index in [0.29, 0.717) is 22.7 Å². The van der Waals surface area contributed by atoms with Gasteiger partial charge in [0.05, 0.1) is 13.7 Å². The van der Waals surface area contributed by atoms with Crippen molar-refractivity contribution in [2.75, 3.05) is 7.11 Å². The van der Waals surface area contributed by atoms with Gasteiger partial charge in [-0.3, -0.25) is 9.36 Å². The molecule has 0 fully saturated rings. The Balaban J connectivity index is 1.61. The molecular formula is C28H25N3O2S. The number of hydrogen-bond acceptors (Lipinski definition) is 4. The first-order valence-electron chi connectivity index (χ1n) is 11.1. The third-order valence-corrected chi connectivity index (χ3v) is 6.81. The van der Waals surface area contributed by atoms with E-state index in [1.54, 1.807) is 23.4 Å². The summed E-state index contributed by atoms with van der Waals surface area (Å²) in [6, 6.07) is 26.2. The van der Waals surface area contributed by atoms with Crippen LogP contribution in [0.25, 0.3) is 22.2 Å². The second-order valence-electron chi connectivity index (χ2n) is 8.21. The maximum atomic E-state index is 13.7. The van der Waals surface area contributed by atoms with Gasteiger partial charge in [-0.1, -0.05) is 84.1 Å². The highest BCUT2D eigenvalue weighted by Crippen LogP contribution is 2.29. The first-order chi connectivity index (χ1) is 16.6. The molecule has 0 amide bonds. The number of thioether (sulfide) groups is 1. The van der Waals surface area contributed by atoms with E-state index in [0.717, 1.165) is 28.2 Å². The highest BCUT2D eigenvalue weighted by Gasteiger charge is 2.17. The Morgan fingerprint density at radius 3 is 2.56 bits per heavy atom. The molecule has 34 heavy (non-hydrogen) atoms. The highest BCUT2D eigenvalue weighted by atomic mass is 32.2. The fourth-order valence-corrected chi connectivity index (χ4v) is 5.00. The van der Waals surface area contributed by atoms with Crippen molar-refractivity contribution in [1.82, 2.24) is 14.5 Å². The van der Waals surface area contributed by atoms with Crippen LogP contribution in [0.2, 0.25) is 0 Å². The summed E-state index contributed by atoms with van der Waals surface area (Å²) in [6.07, 6.45) is 1.87. The minimum absolute atomic E-state index is 0.0817. The zero-order chi connectivity index (χ0) is 23.5. The van der Waals surface area contributed by atoms with Crippen LogP contribution >= 0.6 is 11.8 Å². The number of aromatic nitrogens is 3. The van der Waals surface area contributed by atoms with E-state index in [1.807, 2.05) is 60.8 Å². The van der Waals surface area contributed by atoms with Crippen LogP contribution in [0.4, 0.5) is 0 Å². The number of hydrogen-bond donors (Lipinski definition) is 1. The van der Waals surface area contributed by atoms with Crippen molar-refractivity contribution in [1.29, 1.82) is 0 Å². The number of aromatic amines is 1. The molecule has 6 heteroatoms. The van der Waals surface area contributed by atoms with Gasteiger partial charge in [-0.25, -0.2) is 4.98 Å². The summed E-state index contributed by atoms with van der Waals surface area (Å²) in [5.41, 5.74) is 6.49. The van der Waals surface area contributed by atoms with Crippen LogP contribution < -0.4 is 10.3 Å². The van der Waals surface area contributed by atoms with E-state index in [2.05, 4.69) is 36.2 Å². The molecule has 2 heterocycles. The molecule has 1 N–H and O–H groups in total. The van der Waals surface area contributed by atoms with Gasteiger partial charge >= 0.3 is 0 Å². The molecule has 0 atom stereocenters. The normalized spacial score (nSPS) is 11.1. The lowest BCUT2D eigenvalue weighted by Crippen LogP contribution is -2.24. The number of rotatable bonds is 7. The number of methoxy groups -OCH3 is 1. The van der Waals surface area contributed by atoms with Crippen molar-refractivity contribution in [3.05, 3.63) is 112 Å². The summed E-state index contributed by atoms with van der Waals surface area (Å²) in [6.45, 7) is 2.50. The standard InChI is InChI=1S/C28H25N3O2S/c1-19-8-6-10-21(14-19)18-34-28-30-25-24(22-11-4-3-5-12-22)16-29-26(25)27(32)31(28)17-20-9-7-13-23(15-20)33-2/h3-16,29H,17-18H2,1-2H3. The lowest BCUT2D eigenvalue weighted by Gasteiger charge is -2.13. The maximum absolute atomic E-state index is 13.7. The van der Waals surface area contributed by atoms with Crippen molar-refractivity contribution < 1.29 is 4.74 Å². The molecule has 0 bridgehead atoms. The van der Waals surface area contributed by atoms with Gasteiger partial charge < -0.3 is 9.72 Å². The van der Waals surface area contributed by atoms with Crippen LogP contribution in [-0.2, 0) is 12.3 Å². The summed E-state index contributed by atoms with van der Waals surface area (Å²) in [7, 11) is 1.64. The molecule has 0 radical (unpaired) electrons. The smallest absolute Gasteiger partial charge is 0.278 e. The van der Waals surface area contributed by atoms with E-state index < -0.39 is 0 Å². The van der Waals surface area contributed by atoms with Gasteiger partial charge in [-0.15, -0.1) is 0 Å². The molecular weight excluding hydrogens is 442 g/mol. The Morgan fingerprint density at radius 1 is 0.971 bits per heavy atom. The van der Waals surface area contributed by atoms with Gasteiger partial charge in [0.1, 0.15) is 16.8 Å². The topological polar surface area (TPSA) is 59.9 Å². The van der Waals surface area contributed by atoms with Gasteiger partial charge in [0.15, 0.2) is 5.16 Å². The number of benzene rings is 3. The first-order valence-corrected chi connectivity index (χ1v) is 12.1. The van der Waals surface area contributed by atoms with Crippen molar-refractivity contribution in [3.8, 4) is 16.9 Å². The number of nitrogens with one attached hydrogen (secondary N) is 1. The minimum atomic E-state index is -0.0817. The van der Waals surface area contributed by atoms with Gasteiger partial charge in [0, 0.05) is 17.5 Å². The van der Waals surface area contributed by atoms with E-state index in [-0.39, 0.29) is 5.56 Å². The number of ether oxygens (including phenoxy) is 1. The quantitative estimate of drug-likeness (QED) is 0.234. The molecule has 2 aromatic heterocycles. The molecule has 0 aliphatic carbocycles. The van der Waals surface area contributed by atoms with Crippen molar-refractivity contribution >= 4 is 22.8 Å². The Morgan fingerprint density at radius 2 is 1.76 bits per heavy atom. The Hall–Kier alpha value is -3.77. The largest absolute Gasteiger partial charge is 0.497 e. The molecule has 0 saturated carbocycles. The average Bonchev–Trinajstić information content (AvgIpc) is 3.29. The predicted octanol–water partition coefficient (Wildman–Crippen LogP) is 6.05. The van der Waals surface area contributed by atoms with Crippen LogP contribution in [0.1, 0.15) is 16.7 Å². The third-order valence-electron chi connectivity index (χ3n) is 5.76. The minimum Gasteiger partial charge on any atom is -0.497 e. The fraction of sp³-hybridized carbons (Fsp3) is 0.143. The van der Waals surface area contributed by atoms with Crippen molar-refractivity contribution in [3.63, 3.8) is 0 Å². The van der Waals surface area contributed by atoms with Gasteiger partial charge in [0.2, 0.25) is 0 Å². The van der Waals surface area contributed by atoms with Gasteiger partial charge in [0.25, 0.3) is 5.56 Å². The summed E-state index contributed by atoms with van der Waals surface area (Å²) < 4.78 is 7.13. The van der Waals surface area contributed by atoms with E-state index >= 15 is 0 Å². The van der Waals surface area contributed by atoms with Gasteiger partial charge in [-0.2, -0.15) is 0 Å². The molecule has 0 spiro atoms. The second-order valence-corrected chi connectivity index (χ2v) is 9.15. The zero-order valence-electron chi connectivity index (χ0n) is 19.1. The number of nitrogens with zero attached hydrogens (tertiary/aromatic N) is 2. The molecule has 5 aromatic rings. The van der Waals surface area contributed by atoms with Crippen LogP contribution in [0, 0.1) is 6.92 Å². The highest BCUT2D eigenvalue weighted by molar-refractivity contribution is 7.98. The monoisotopic (exact) mass is 467 g/mol. The Labute approximate surface area is 202 Å². The Bertz CT molecular complexity index is 1510. The summed E-state index contributed by atoms with van der Waals surface area (Å²) in [5.74, 6) is 1.49. The van der Waals surface area contributed by atoms with Crippen LogP contribution in [0.5, 0.6) is 5.75 Å². The van der Waals surface area contributed by atoms with E-state index in [4.69, 9.17) is 9.72 Å². The molecule has 5 nitrogen and oxygen atoms in total. The number of H-pyrrole nitrogens is 1. The number of aryl methyl sites for hydroxylation is 1. The van der Waals surface area contributed by atoms with Crippen LogP contribution in [0.15, 0.2) is 95.0 Å². The lowest BCUT2D eigenvalue weighted by atomic mass is 10.1. The molecule has 0 aliphatic heterocycles. The molecule has 0 unspecified atom stereocenters. The summed E-state index contributed by atoms with van der Waals surface area (Å²) in [4.78, 5) is 21.9. The molecule has 3 aromatic carbocycles. The van der Waals surface area contributed by atoms with Crippen molar-refractivity contribution in [2.45, 2.75) is 24.4 Å². The average molecular weight is 468 g/mol. The predicted molar refractivity (Wildman–Crippen MR) is 139 cm³/mol. The Kier molecular flexibility index (Phi) is 6.23. The second kappa shape index (κ2) is 9.61. The lowest BCUT2D eigenvalue weighted by molar-refractivity contribution is 0.414. The van der Waals surface area contributed by atoms with Gasteiger partial charge in [-0.05, 0) is 35.7 Å². The SMILES string of the molecule is COc1cccc(Cn2c(SCc3cccc(C)c3)nc3c(-c4ccccc4)c[nH]c3c2=O)c1. The molecule has 170 valence electrons. The van der Waals surface area contributed by atoms with E-state index in [9.17, 15) is 4.79 Å². The summed E-state index contributed by atoms with van der Waals surface area (Å²) >= 11 is 1.58. The summed E-state index contributed by atoms with van der Waals surface area (Å²) in [5, 5.41) is 0.693. The third kappa shape index (κ3) is 4.50. The molecule has 5 rings (SSSR count). The first kappa shape index (κ1) is 22.0. The fourth-order valence-electron chi connectivity index (χ4n) is 4.06. The van der Waals surface area contributed by atoms with E-state index in [1.165, 1.54) is 11.1 Å². The molecule has 0 saturated heterocycles. The number of fused-ring (bicyclic) bond motifs is 1. The zero-order valence-corrected chi connectivity index (χ0v) is 19.9. The van der Waals surface area contributed by atoms with Crippen LogP contribution in [-0.4, -0.2) is 21.6 Å². The maximum Gasteiger partial charge on any atom is 0.278 e. The van der Waals surface area contributed by atoms with Crippen molar-refractivity contribution in [2.24, 2.45) is 0 Å². The molecule has 0 aliphatic rings.